The summed E-state index contributed by atoms with van der Waals surface area (Å²) in [7, 11) is 0. The average Bonchev–Trinajstić information content (AvgIpc) is 3.70. The SMILES string of the molecule is O=[N+]([O-])c1cc(-c2ccccc2)ccc1Cn1cncc1CNc1ccc(Cl)c(-c2ccccc2N2CCCC2)c1. The molecular formula is C33H30ClN5O2. The molecular weight excluding hydrogens is 534 g/mol. The third-order valence-electron chi connectivity index (χ3n) is 7.61. The minimum Gasteiger partial charge on any atom is -0.379 e. The predicted octanol–water partition coefficient (Wildman–Crippen LogP) is 8.04. The van der Waals surface area contributed by atoms with Crippen LogP contribution in [0.2, 0.25) is 5.02 Å². The van der Waals surface area contributed by atoms with Crippen LogP contribution >= 0.6 is 11.6 Å². The van der Waals surface area contributed by atoms with Gasteiger partial charge in [0.2, 0.25) is 0 Å². The highest BCUT2D eigenvalue weighted by Gasteiger charge is 2.19. The molecule has 206 valence electrons. The predicted molar refractivity (Wildman–Crippen MR) is 166 cm³/mol. The van der Waals surface area contributed by atoms with Crippen molar-refractivity contribution in [2.24, 2.45) is 0 Å². The molecule has 0 bridgehead atoms. The zero-order valence-electron chi connectivity index (χ0n) is 22.5. The summed E-state index contributed by atoms with van der Waals surface area (Å²) < 4.78 is 1.94. The van der Waals surface area contributed by atoms with Crippen LogP contribution in [0.25, 0.3) is 22.3 Å². The molecule has 2 heterocycles. The Kier molecular flexibility index (Phi) is 7.69. The lowest BCUT2D eigenvalue weighted by Crippen LogP contribution is -2.18. The van der Waals surface area contributed by atoms with E-state index in [4.69, 9.17) is 11.6 Å². The Labute approximate surface area is 244 Å². The first kappa shape index (κ1) is 26.6. The van der Waals surface area contributed by atoms with Crippen LogP contribution in [0, 0.1) is 10.1 Å². The molecule has 0 aliphatic carbocycles. The number of halogens is 1. The summed E-state index contributed by atoms with van der Waals surface area (Å²) in [5.41, 5.74) is 7.66. The zero-order chi connectivity index (χ0) is 28.2. The van der Waals surface area contributed by atoms with Crippen molar-refractivity contribution in [2.75, 3.05) is 23.3 Å². The molecule has 0 radical (unpaired) electrons. The molecule has 1 aliphatic heterocycles. The van der Waals surface area contributed by atoms with Crippen LogP contribution in [0.3, 0.4) is 0 Å². The Hall–Kier alpha value is -4.62. The van der Waals surface area contributed by atoms with Crippen molar-refractivity contribution in [3.63, 3.8) is 0 Å². The summed E-state index contributed by atoms with van der Waals surface area (Å²) in [4.78, 5) is 18.4. The zero-order valence-corrected chi connectivity index (χ0v) is 23.3. The quantitative estimate of drug-likeness (QED) is 0.145. The summed E-state index contributed by atoms with van der Waals surface area (Å²) >= 11 is 6.70. The maximum Gasteiger partial charge on any atom is 0.275 e. The Morgan fingerprint density at radius 3 is 2.46 bits per heavy atom. The third kappa shape index (κ3) is 5.81. The van der Waals surface area contributed by atoms with E-state index >= 15 is 0 Å². The van der Waals surface area contributed by atoms with Crippen molar-refractivity contribution in [3.05, 3.63) is 130 Å². The summed E-state index contributed by atoms with van der Waals surface area (Å²) in [6.45, 7) is 2.97. The summed E-state index contributed by atoms with van der Waals surface area (Å²) in [5.74, 6) is 0. The number of aromatic nitrogens is 2. The molecule has 5 aromatic rings. The number of imidazole rings is 1. The molecule has 7 nitrogen and oxygen atoms in total. The van der Waals surface area contributed by atoms with Gasteiger partial charge in [0.1, 0.15) is 0 Å². The second-order valence-corrected chi connectivity index (χ2v) is 10.6. The van der Waals surface area contributed by atoms with Gasteiger partial charge in [0.15, 0.2) is 0 Å². The number of para-hydroxylation sites is 1. The molecule has 41 heavy (non-hydrogen) atoms. The number of anilines is 2. The van der Waals surface area contributed by atoms with Crippen LogP contribution in [-0.4, -0.2) is 27.6 Å². The van der Waals surface area contributed by atoms with Gasteiger partial charge in [0.25, 0.3) is 5.69 Å². The van der Waals surface area contributed by atoms with E-state index in [2.05, 4.69) is 45.5 Å². The first-order valence-electron chi connectivity index (χ1n) is 13.8. The van der Waals surface area contributed by atoms with Gasteiger partial charge in [-0.05, 0) is 54.3 Å². The Morgan fingerprint density at radius 1 is 0.878 bits per heavy atom. The van der Waals surface area contributed by atoms with E-state index in [0.29, 0.717) is 23.7 Å². The fourth-order valence-corrected chi connectivity index (χ4v) is 5.69. The maximum atomic E-state index is 12.0. The van der Waals surface area contributed by atoms with E-state index in [1.54, 1.807) is 18.6 Å². The fraction of sp³-hybridized carbons (Fsp3) is 0.182. The van der Waals surface area contributed by atoms with Gasteiger partial charge in [-0.2, -0.15) is 0 Å². The maximum absolute atomic E-state index is 12.0. The van der Waals surface area contributed by atoms with Crippen LogP contribution in [-0.2, 0) is 13.1 Å². The largest absolute Gasteiger partial charge is 0.379 e. The molecule has 1 fully saturated rings. The molecule has 1 aliphatic rings. The number of rotatable bonds is 9. The van der Waals surface area contributed by atoms with Gasteiger partial charge < -0.3 is 14.8 Å². The Morgan fingerprint density at radius 2 is 1.66 bits per heavy atom. The molecule has 1 N–H and O–H groups in total. The van der Waals surface area contributed by atoms with Crippen molar-refractivity contribution in [2.45, 2.75) is 25.9 Å². The normalized spacial score (nSPS) is 13.0. The van der Waals surface area contributed by atoms with Gasteiger partial charge in [-0.3, -0.25) is 10.1 Å². The molecule has 0 atom stereocenters. The van der Waals surface area contributed by atoms with Crippen LogP contribution in [0.1, 0.15) is 24.1 Å². The van der Waals surface area contributed by atoms with Crippen molar-refractivity contribution < 1.29 is 4.92 Å². The highest BCUT2D eigenvalue weighted by atomic mass is 35.5. The molecule has 0 saturated carbocycles. The minimum absolute atomic E-state index is 0.0953. The summed E-state index contributed by atoms with van der Waals surface area (Å²) in [6, 6.07) is 29.5. The molecule has 0 amide bonds. The molecule has 8 heteroatoms. The average molecular weight is 564 g/mol. The number of hydrogen-bond acceptors (Lipinski definition) is 5. The highest BCUT2D eigenvalue weighted by molar-refractivity contribution is 6.33. The van der Waals surface area contributed by atoms with Crippen molar-refractivity contribution >= 4 is 28.7 Å². The van der Waals surface area contributed by atoms with Gasteiger partial charge in [-0.25, -0.2) is 4.98 Å². The third-order valence-corrected chi connectivity index (χ3v) is 7.94. The van der Waals surface area contributed by atoms with Crippen molar-refractivity contribution in [3.8, 4) is 22.3 Å². The summed E-state index contributed by atoms with van der Waals surface area (Å²) in [6.07, 6.45) is 5.91. The molecule has 1 saturated heterocycles. The second-order valence-electron chi connectivity index (χ2n) is 10.2. The fourth-order valence-electron chi connectivity index (χ4n) is 5.47. The topological polar surface area (TPSA) is 76.2 Å². The lowest BCUT2D eigenvalue weighted by atomic mass is 10.0. The van der Waals surface area contributed by atoms with E-state index in [9.17, 15) is 10.1 Å². The Bertz CT molecular complexity index is 1680. The lowest BCUT2D eigenvalue weighted by molar-refractivity contribution is -0.385. The van der Waals surface area contributed by atoms with Crippen LogP contribution < -0.4 is 10.2 Å². The molecule has 1 aromatic heterocycles. The van der Waals surface area contributed by atoms with E-state index < -0.39 is 0 Å². The van der Waals surface area contributed by atoms with Crippen LogP contribution in [0.15, 0.2) is 104 Å². The number of benzene rings is 4. The first-order valence-corrected chi connectivity index (χ1v) is 14.1. The number of nitro benzene ring substituents is 1. The van der Waals surface area contributed by atoms with E-state index in [1.165, 1.54) is 18.5 Å². The molecule has 0 unspecified atom stereocenters. The van der Waals surface area contributed by atoms with E-state index in [0.717, 1.165) is 46.7 Å². The van der Waals surface area contributed by atoms with Crippen molar-refractivity contribution in [1.29, 1.82) is 0 Å². The van der Waals surface area contributed by atoms with Crippen LogP contribution in [0.4, 0.5) is 17.1 Å². The van der Waals surface area contributed by atoms with Crippen molar-refractivity contribution in [1.82, 2.24) is 9.55 Å². The van der Waals surface area contributed by atoms with E-state index in [1.807, 2.05) is 59.2 Å². The minimum atomic E-state index is -0.314. The lowest BCUT2D eigenvalue weighted by Gasteiger charge is -2.22. The summed E-state index contributed by atoms with van der Waals surface area (Å²) in [5, 5.41) is 16.2. The standard InChI is InChI=1S/C33H30ClN5O2/c34-31-15-14-27(19-30(31)29-10-4-5-11-32(29)37-16-6-7-17-37)36-21-28-20-35-23-38(28)22-26-13-12-25(18-33(26)39(40)41)24-8-2-1-3-9-24/h1-5,8-15,18-20,23,36H,6-7,16-17,21-22H2. The number of nitro groups is 1. The van der Waals surface area contributed by atoms with Gasteiger partial charge in [0.05, 0.1) is 30.0 Å². The first-order chi connectivity index (χ1) is 20.1. The van der Waals surface area contributed by atoms with Gasteiger partial charge in [-0.15, -0.1) is 0 Å². The van der Waals surface area contributed by atoms with Crippen LogP contribution in [0.5, 0.6) is 0 Å². The Balaban J connectivity index is 1.21. The monoisotopic (exact) mass is 563 g/mol. The molecule has 0 spiro atoms. The number of nitrogens with zero attached hydrogens (tertiary/aromatic N) is 4. The van der Waals surface area contributed by atoms with Gasteiger partial charge in [0, 0.05) is 58.4 Å². The van der Waals surface area contributed by atoms with Gasteiger partial charge in [-0.1, -0.05) is 66.2 Å². The number of nitrogens with one attached hydrogen (secondary N) is 1. The highest BCUT2D eigenvalue weighted by Crippen LogP contribution is 2.38. The van der Waals surface area contributed by atoms with Gasteiger partial charge >= 0.3 is 0 Å². The second kappa shape index (κ2) is 11.9. The molecule has 6 rings (SSSR count). The number of hydrogen-bond donors (Lipinski definition) is 1. The van der Waals surface area contributed by atoms with E-state index in [-0.39, 0.29) is 10.6 Å². The smallest absolute Gasteiger partial charge is 0.275 e. The molecule has 4 aromatic carbocycles.